The lowest BCUT2D eigenvalue weighted by atomic mass is 10.0. The molecule has 3 aliphatic rings. The standard InChI is InChI=1S/C25H22F4N6O/c1-14(16-4-3-5-18(10-16)25(27,28)29)31-22-20-12-19(17-6-8-34(13-26)21(36)11-17)23-30-7-9-35(23)24(20)33-15(2)32-22/h3-6,8,10-12,14,30H,7,9,13H2,1-2H3/t14-/m1/s1. The molecule has 0 bridgehead atoms. The molecule has 1 aromatic heterocycles. The second-order valence-corrected chi connectivity index (χ2v) is 8.59. The lowest BCUT2D eigenvalue weighted by Crippen LogP contribution is -2.21. The largest absolute Gasteiger partial charge is 0.416 e. The number of alkyl halides is 4. The number of fused-ring (bicyclic) bond motifs is 3. The average molecular weight is 498 g/mol. The first-order valence-electron chi connectivity index (χ1n) is 11.3. The van der Waals surface area contributed by atoms with Crippen LogP contribution in [-0.2, 0) is 19.5 Å². The highest BCUT2D eigenvalue weighted by Gasteiger charge is 2.31. The van der Waals surface area contributed by atoms with Crippen molar-refractivity contribution in [1.82, 2.24) is 19.1 Å². The average Bonchev–Trinajstić information content (AvgIpc) is 3.33. The van der Waals surface area contributed by atoms with Gasteiger partial charge in [0.2, 0.25) is 0 Å². The van der Waals surface area contributed by atoms with E-state index in [-0.39, 0.29) is 0 Å². The predicted octanol–water partition coefficient (Wildman–Crippen LogP) is 4.55. The van der Waals surface area contributed by atoms with Crippen LogP contribution >= 0.6 is 0 Å². The van der Waals surface area contributed by atoms with E-state index in [9.17, 15) is 22.4 Å². The molecule has 186 valence electrons. The van der Waals surface area contributed by atoms with Crippen LogP contribution in [0.2, 0.25) is 0 Å². The summed E-state index contributed by atoms with van der Waals surface area (Å²) in [6.45, 7) is 3.77. The molecule has 0 radical (unpaired) electrons. The summed E-state index contributed by atoms with van der Waals surface area (Å²) in [5, 5.41) is 3.32. The zero-order valence-corrected chi connectivity index (χ0v) is 19.5. The molecule has 4 heterocycles. The molecule has 0 fully saturated rings. The van der Waals surface area contributed by atoms with E-state index < -0.39 is 30.1 Å². The number of nitrogens with one attached hydrogen (secondary N) is 1. The van der Waals surface area contributed by atoms with Gasteiger partial charge in [-0.15, -0.1) is 0 Å². The van der Waals surface area contributed by atoms with Gasteiger partial charge in [0.05, 0.1) is 17.2 Å². The number of aromatic nitrogens is 4. The van der Waals surface area contributed by atoms with E-state index in [0.29, 0.717) is 52.5 Å². The number of hydrogen-bond acceptors (Lipinski definition) is 5. The van der Waals surface area contributed by atoms with Crippen molar-refractivity contribution in [2.45, 2.75) is 39.4 Å². The third-order valence-corrected chi connectivity index (χ3v) is 6.16. The molecule has 0 unspecified atom stereocenters. The van der Waals surface area contributed by atoms with Crippen LogP contribution in [0.25, 0.3) is 22.5 Å². The zero-order valence-electron chi connectivity index (χ0n) is 19.5. The Morgan fingerprint density at radius 1 is 1.14 bits per heavy atom. The number of aryl methyl sites for hydroxylation is 1. The molecule has 5 rings (SSSR count). The van der Waals surface area contributed by atoms with Crippen molar-refractivity contribution in [3.8, 4) is 22.5 Å². The van der Waals surface area contributed by atoms with Gasteiger partial charge in [-0.1, -0.05) is 12.1 Å². The Bertz CT molecular complexity index is 1560. The third-order valence-electron chi connectivity index (χ3n) is 6.16. The SMILES string of the molecule is Cc1nc2n3c(c(-c4ccn(CF)c(=O)c4)cc-2c(=N[C@H](C)c2cccc(C(F)(F)F)c2)n1)NCC3. The monoisotopic (exact) mass is 498 g/mol. The first-order chi connectivity index (χ1) is 17.2. The van der Waals surface area contributed by atoms with Crippen molar-refractivity contribution in [3.63, 3.8) is 0 Å². The van der Waals surface area contributed by atoms with E-state index >= 15 is 0 Å². The molecule has 3 aliphatic heterocycles. The minimum atomic E-state index is -4.45. The van der Waals surface area contributed by atoms with Crippen molar-refractivity contribution in [3.05, 3.63) is 81.5 Å². The first-order valence-corrected chi connectivity index (χ1v) is 11.3. The highest BCUT2D eigenvalue weighted by atomic mass is 19.4. The van der Waals surface area contributed by atoms with Gasteiger partial charge in [0.1, 0.15) is 17.5 Å². The van der Waals surface area contributed by atoms with Crippen molar-refractivity contribution in [2.75, 3.05) is 11.9 Å². The predicted molar refractivity (Wildman–Crippen MR) is 126 cm³/mol. The van der Waals surface area contributed by atoms with E-state index in [0.717, 1.165) is 22.5 Å². The summed E-state index contributed by atoms with van der Waals surface area (Å²) in [4.78, 5) is 26.1. The molecule has 0 saturated heterocycles. The van der Waals surface area contributed by atoms with Crippen LogP contribution in [0, 0.1) is 6.92 Å². The highest BCUT2D eigenvalue weighted by molar-refractivity contribution is 5.82. The quantitative estimate of drug-likeness (QED) is 0.419. The summed E-state index contributed by atoms with van der Waals surface area (Å²) in [6, 6.07) is 9.28. The highest BCUT2D eigenvalue weighted by Crippen LogP contribution is 2.36. The maximum Gasteiger partial charge on any atom is 0.416 e. The van der Waals surface area contributed by atoms with E-state index in [1.54, 1.807) is 26.0 Å². The maximum absolute atomic E-state index is 13.2. The fourth-order valence-corrected chi connectivity index (χ4v) is 4.37. The number of pyridine rings is 2. The fourth-order valence-electron chi connectivity index (χ4n) is 4.37. The Hall–Kier alpha value is -4.02. The summed E-state index contributed by atoms with van der Waals surface area (Å²) in [6.07, 6.45) is -3.07. The Balaban J connectivity index is 1.70. The number of anilines is 1. The summed E-state index contributed by atoms with van der Waals surface area (Å²) < 4.78 is 55.6. The number of benzene rings is 1. The second kappa shape index (κ2) is 8.89. The number of hydrogen-bond donors (Lipinski definition) is 1. The van der Waals surface area contributed by atoms with Crippen LogP contribution in [0.15, 0.2) is 58.4 Å². The van der Waals surface area contributed by atoms with Crippen LogP contribution in [0.4, 0.5) is 23.4 Å². The topological polar surface area (TPSA) is 77.1 Å². The molecule has 2 aromatic rings. The summed E-state index contributed by atoms with van der Waals surface area (Å²) in [7, 11) is 0. The van der Waals surface area contributed by atoms with Crippen molar-refractivity contribution in [1.29, 1.82) is 0 Å². The molecular weight excluding hydrogens is 476 g/mol. The lowest BCUT2D eigenvalue weighted by molar-refractivity contribution is -0.137. The van der Waals surface area contributed by atoms with Gasteiger partial charge in [0, 0.05) is 30.9 Å². The van der Waals surface area contributed by atoms with Gasteiger partial charge in [-0.25, -0.2) is 14.4 Å². The Labute approximate surface area is 203 Å². The van der Waals surface area contributed by atoms with Crippen LogP contribution in [-0.4, -0.2) is 25.6 Å². The molecule has 1 aromatic carbocycles. The molecule has 0 amide bonds. The Morgan fingerprint density at radius 2 is 1.94 bits per heavy atom. The van der Waals surface area contributed by atoms with Gasteiger partial charge in [0.25, 0.3) is 5.56 Å². The van der Waals surface area contributed by atoms with Crippen molar-refractivity contribution >= 4 is 5.82 Å². The van der Waals surface area contributed by atoms with Gasteiger partial charge in [-0.2, -0.15) is 13.2 Å². The molecule has 1 N–H and O–H groups in total. The van der Waals surface area contributed by atoms with E-state index in [4.69, 9.17) is 0 Å². The summed E-state index contributed by atoms with van der Waals surface area (Å²) in [5.41, 5.74) is 1.39. The van der Waals surface area contributed by atoms with Crippen molar-refractivity contribution in [2.24, 2.45) is 4.99 Å². The third kappa shape index (κ3) is 4.25. The summed E-state index contributed by atoms with van der Waals surface area (Å²) >= 11 is 0. The second-order valence-electron chi connectivity index (χ2n) is 8.59. The molecule has 7 nitrogen and oxygen atoms in total. The van der Waals surface area contributed by atoms with Gasteiger partial charge >= 0.3 is 6.18 Å². The van der Waals surface area contributed by atoms with Gasteiger partial charge < -0.3 is 9.88 Å². The Kier molecular flexibility index (Phi) is 5.85. The molecule has 0 saturated carbocycles. The molecule has 36 heavy (non-hydrogen) atoms. The first kappa shape index (κ1) is 23.7. The maximum atomic E-state index is 13.2. The van der Waals surface area contributed by atoms with Crippen LogP contribution in [0.1, 0.15) is 29.9 Å². The van der Waals surface area contributed by atoms with E-state index in [1.807, 2.05) is 10.6 Å². The van der Waals surface area contributed by atoms with Gasteiger partial charge in [-0.05, 0) is 49.2 Å². The van der Waals surface area contributed by atoms with Gasteiger partial charge in [-0.3, -0.25) is 14.4 Å². The molecular formula is C25H22F4N6O. The van der Waals surface area contributed by atoms with E-state index in [2.05, 4.69) is 20.3 Å². The number of nitrogens with zero attached hydrogens (tertiary/aromatic N) is 5. The van der Waals surface area contributed by atoms with Gasteiger partial charge in [0.15, 0.2) is 12.3 Å². The molecule has 11 heteroatoms. The van der Waals surface area contributed by atoms with Crippen LogP contribution in [0.3, 0.4) is 0 Å². The van der Waals surface area contributed by atoms with Crippen LogP contribution < -0.4 is 16.4 Å². The molecule has 0 spiro atoms. The zero-order chi connectivity index (χ0) is 25.6. The number of rotatable bonds is 4. The Morgan fingerprint density at radius 3 is 2.67 bits per heavy atom. The van der Waals surface area contributed by atoms with Crippen molar-refractivity contribution < 1.29 is 17.6 Å². The van der Waals surface area contributed by atoms with E-state index in [1.165, 1.54) is 18.3 Å². The minimum Gasteiger partial charge on any atom is -0.369 e. The fraction of sp³-hybridized carbons (Fsp3) is 0.280. The smallest absolute Gasteiger partial charge is 0.369 e. The lowest BCUT2D eigenvalue weighted by Gasteiger charge is -2.18. The normalized spacial score (nSPS) is 14.7. The number of halogens is 4. The minimum absolute atomic E-state index is 0.336. The van der Waals surface area contributed by atoms with Crippen LogP contribution in [0.5, 0.6) is 0 Å². The summed E-state index contributed by atoms with van der Waals surface area (Å²) in [5.74, 6) is 1.85. The molecule has 1 atom stereocenters. The molecule has 0 aliphatic carbocycles.